The Bertz CT molecular complexity index is 311. The summed E-state index contributed by atoms with van der Waals surface area (Å²) < 4.78 is 4.99. The molecule has 0 fully saturated rings. The van der Waals surface area contributed by atoms with E-state index in [-0.39, 0.29) is 12.5 Å². The molecule has 0 unspecified atom stereocenters. The van der Waals surface area contributed by atoms with Gasteiger partial charge in [-0.2, -0.15) is 0 Å². The van der Waals surface area contributed by atoms with Crippen LogP contribution in [0, 0.1) is 0 Å². The monoisotopic (exact) mass is 229 g/mol. The summed E-state index contributed by atoms with van der Waals surface area (Å²) in [6.07, 6.45) is 1.51. The highest BCUT2D eigenvalue weighted by Crippen LogP contribution is 2.20. The lowest BCUT2D eigenvalue weighted by Gasteiger charge is -2.01. The van der Waals surface area contributed by atoms with E-state index in [0.717, 1.165) is 6.42 Å². The predicted octanol–water partition coefficient (Wildman–Crippen LogP) is 1.26. The lowest BCUT2D eigenvalue weighted by molar-refractivity contribution is 0.0956. The van der Waals surface area contributed by atoms with Gasteiger partial charge in [0.05, 0.1) is 12.0 Å². The molecule has 1 aromatic rings. The Balaban J connectivity index is 2.33. The fraction of sp³-hybridized carbons (Fsp3) is 0.500. The molecular formula is C10H15NO3S. The van der Waals surface area contributed by atoms with Crippen LogP contribution in [-0.4, -0.2) is 31.3 Å². The lowest BCUT2D eigenvalue weighted by Crippen LogP contribution is -2.23. The fourth-order valence-corrected chi connectivity index (χ4v) is 1.84. The van der Waals surface area contributed by atoms with E-state index >= 15 is 0 Å². The first-order valence-electron chi connectivity index (χ1n) is 4.79. The van der Waals surface area contributed by atoms with E-state index in [4.69, 9.17) is 9.84 Å². The molecule has 0 aliphatic heterocycles. The number of thiophene rings is 1. The first-order valence-corrected chi connectivity index (χ1v) is 5.67. The highest BCUT2D eigenvalue weighted by Gasteiger charge is 2.08. The summed E-state index contributed by atoms with van der Waals surface area (Å²) in [6.45, 7) is 0.766. The standard InChI is InChI=1S/C10H15NO3S/c1-14-8-6-9(15-7-8)10(13)11-4-2-3-5-12/h6-7,12H,2-5H2,1H3,(H,11,13). The highest BCUT2D eigenvalue weighted by atomic mass is 32.1. The van der Waals surface area contributed by atoms with Gasteiger partial charge in [0.2, 0.25) is 0 Å². The molecule has 0 saturated heterocycles. The van der Waals surface area contributed by atoms with Crippen molar-refractivity contribution in [2.24, 2.45) is 0 Å². The Labute approximate surface area is 92.9 Å². The van der Waals surface area contributed by atoms with Gasteiger partial charge in [-0.25, -0.2) is 0 Å². The largest absolute Gasteiger partial charge is 0.496 e. The molecule has 0 spiro atoms. The van der Waals surface area contributed by atoms with Crippen molar-refractivity contribution in [3.8, 4) is 5.75 Å². The van der Waals surface area contributed by atoms with Gasteiger partial charge in [0.25, 0.3) is 5.91 Å². The smallest absolute Gasteiger partial charge is 0.261 e. The van der Waals surface area contributed by atoms with E-state index < -0.39 is 0 Å². The molecule has 0 aliphatic carbocycles. The van der Waals surface area contributed by atoms with Crippen molar-refractivity contribution in [3.05, 3.63) is 16.3 Å². The number of aliphatic hydroxyl groups excluding tert-OH is 1. The van der Waals surface area contributed by atoms with Gasteiger partial charge in [-0.3, -0.25) is 4.79 Å². The van der Waals surface area contributed by atoms with Gasteiger partial charge in [0.15, 0.2) is 0 Å². The zero-order valence-corrected chi connectivity index (χ0v) is 9.47. The van der Waals surface area contributed by atoms with Crippen molar-refractivity contribution >= 4 is 17.2 Å². The van der Waals surface area contributed by atoms with Gasteiger partial charge in [-0.15, -0.1) is 11.3 Å². The molecule has 1 rings (SSSR count). The number of ether oxygens (including phenoxy) is 1. The van der Waals surface area contributed by atoms with Crippen molar-refractivity contribution in [3.63, 3.8) is 0 Å². The van der Waals surface area contributed by atoms with Gasteiger partial charge < -0.3 is 15.2 Å². The normalized spacial score (nSPS) is 10.0. The second kappa shape index (κ2) is 6.42. The van der Waals surface area contributed by atoms with E-state index in [2.05, 4.69) is 5.32 Å². The number of methoxy groups -OCH3 is 1. The van der Waals surface area contributed by atoms with Crippen LogP contribution in [0.25, 0.3) is 0 Å². The van der Waals surface area contributed by atoms with Crippen molar-refractivity contribution in [2.45, 2.75) is 12.8 Å². The predicted molar refractivity (Wildman–Crippen MR) is 59.5 cm³/mol. The minimum absolute atomic E-state index is 0.0822. The Kier molecular flexibility index (Phi) is 5.14. The molecule has 0 aliphatic rings. The Morgan fingerprint density at radius 3 is 3.00 bits per heavy atom. The minimum atomic E-state index is -0.0822. The summed E-state index contributed by atoms with van der Waals surface area (Å²) in [5.41, 5.74) is 0. The van der Waals surface area contributed by atoms with Crippen LogP contribution >= 0.6 is 11.3 Å². The molecule has 0 aromatic carbocycles. The number of carbonyl (C=O) groups is 1. The van der Waals surface area contributed by atoms with E-state index in [0.29, 0.717) is 23.6 Å². The Morgan fingerprint density at radius 2 is 2.40 bits per heavy atom. The van der Waals surface area contributed by atoms with Gasteiger partial charge in [-0.1, -0.05) is 0 Å². The third-order valence-electron chi connectivity index (χ3n) is 1.91. The minimum Gasteiger partial charge on any atom is -0.496 e. The SMILES string of the molecule is COc1csc(C(=O)NCCCCO)c1. The summed E-state index contributed by atoms with van der Waals surface area (Å²) in [7, 11) is 1.57. The van der Waals surface area contributed by atoms with Gasteiger partial charge in [0, 0.05) is 24.6 Å². The molecule has 0 radical (unpaired) electrons. The molecule has 1 aromatic heterocycles. The lowest BCUT2D eigenvalue weighted by atomic mass is 10.3. The van der Waals surface area contributed by atoms with Crippen molar-refractivity contribution in [1.29, 1.82) is 0 Å². The van der Waals surface area contributed by atoms with E-state index in [1.807, 2.05) is 0 Å². The zero-order valence-electron chi connectivity index (χ0n) is 8.66. The number of hydrogen-bond donors (Lipinski definition) is 2. The van der Waals surface area contributed by atoms with Crippen LogP contribution in [0.4, 0.5) is 0 Å². The van der Waals surface area contributed by atoms with E-state index in [1.165, 1.54) is 11.3 Å². The fourth-order valence-electron chi connectivity index (χ4n) is 1.07. The van der Waals surface area contributed by atoms with Gasteiger partial charge in [-0.05, 0) is 12.8 Å². The van der Waals surface area contributed by atoms with Crippen molar-refractivity contribution < 1.29 is 14.6 Å². The third kappa shape index (κ3) is 3.89. The number of unbranched alkanes of at least 4 members (excludes halogenated alkanes) is 1. The molecule has 84 valence electrons. The summed E-state index contributed by atoms with van der Waals surface area (Å²) in [5, 5.41) is 13.1. The van der Waals surface area contributed by atoms with Crippen LogP contribution in [0.1, 0.15) is 22.5 Å². The zero-order chi connectivity index (χ0) is 11.1. The number of aliphatic hydroxyl groups is 1. The molecule has 0 bridgehead atoms. The molecule has 0 atom stereocenters. The number of amides is 1. The summed E-state index contributed by atoms with van der Waals surface area (Å²) in [6, 6.07) is 1.71. The van der Waals surface area contributed by atoms with Crippen LogP contribution in [0.3, 0.4) is 0 Å². The summed E-state index contributed by atoms with van der Waals surface area (Å²) in [5.74, 6) is 0.627. The quantitative estimate of drug-likeness (QED) is 0.722. The Hall–Kier alpha value is -1.07. The average molecular weight is 229 g/mol. The molecule has 0 saturated carbocycles. The van der Waals surface area contributed by atoms with Gasteiger partial charge >= 0.3 is 0 Å². The number of nitrogens with one attached hydrogen (secondary N) is 1. The maximum Gasteiger partial charge on any atom is 0.261 e. The Morgan fingerprint density at radius 1 is 1.60 bits per heavy atom. The van der Waals surface area contributed by atoms with Gasteiger partial charge in [0.1, 0.15) is 5.75 Å². The second-order valence-electron chi connectivity index (χ2n) is 3.04. The van der Waals surface area contributed by atoms with Crippen LogP contribution in [0.15, 0.2) is 11.4 Å². The van der Waals surface area contributed by atoms with Crippen molar-refractivity contribution in [2.75, 3.05) is 20.3 Å². The van der Waals surface area contributed by atoms with E-state index in [9.17, 15) is 4.79 Å². The van der Waals surface area contributed by atoms with Crippen LogP contribution in [0.5, 0.6) is 5.75 Å². The molecule has 15 heavy (non-hydrogen) atoms. The number of rotatable bonds is 6. The molecule has 5 heteroatoms. The number of hydrogen-bond acceptors (Lipinski definition) is 4. The summed E-state index contributed by atoms with van der Waals surface area (Å²) >= 11 is 1.36. The second-order valence-corrected chi connectivity index (χ2v) is 3.95. The third-order valence-corrected chi connectivity index (χ3v) is 2.81. The molecule has 4 nitrogen and oxygen atoms in total. The maximum atomic E-state index is 11.5. The molecular weight excluding hydrogens is 214 g/mol. The van der Waals surface area contributed by atoms with Crippen LogP contribution in [-0.2, 0) is 0 Å². The van der Waals surface area contributed by atoms with Crippen molar-refractivity contribution in [1.82, 2.24) is 5.32 Å². The molecule has 2 N–H and O–H groups in total. The van der Waals surface area contributed by atoms with Crippen LogP contribution < -0.4 is 10.1 Å². The molecule has 1 amide bonds. The highest BCUT2D eigenvalue weighted by molar-refractivity contribution is 7.12. The topological polar surface area (TPSA) is 58.6 Å². The summed E-state index contributed by atoms with van der Waals surface area (Å²) in [4.78, 5) is 12.2. The van der Waals surface area contributed by atoms with Crippen LogP contribution in [0.2, 0.25) is 0 Å². The first-order chi connectivity index (χ1) is 7.27. The molecule has 1 heterocycles. The van der Waals surface area contributed by atoms with E-state index in [1.54, 1.807) is 18.6 Å². The first kappa shape index (κ1) is 12.0. The maximum absolute atomic E-state index is 11.5. The average Bonchev–Trinajstić information content (AvgIpc) is 2.72. The number of carbonyl (C=O) groups excluding carboxylic acids is 1.